The van der Waals surface area contributed by atoms with Crippen molar-refractivity contribution in [2.24, 2.45) is 5.92 Å². The third kappa shape index (κ3) is 1.69. The molecule has 1 aliphatic carbocycles. The zero-order valence-corrected chi connectivity index (χ0v) is 6.55. The van der Waals surface area contributed by atoms with E-state index in [1.807, 2.05) is 12.5 Å². The average molecular weight is 137 g/mol. The lowest BCUT2D eigenvalue weighted by molar-refractivity contribution is -0.114. The van der Waals surface area contributed by atoms with Gasteiger partial charge in [-0.15, -0.1) is 0 Å². The molecule has 1 rings (SSSR count). The molecule has 10 heavy (non-hydrogen) atoms. The summed E-state index contributed by atoms with van der Waals surface area (Å²) in [6.07, 6.45) is 5.73. The van der Waals surface area contributed by atoms with Crippen LogP contribution in [0.5, 0.6) is 0 Å². The summed E-state index contributed by atoms with van der Waals surface area (Å²) in [7, 11) is 0. The van der Waals surface area contributed by atoms with Gasteiger partial charge in [-0.3, -0.25) is 4.79 Å². The standard InChI is InChI=1S/C9H13O/c1-7(2)6-8-4-3-5-9(8)10/h4,6-7H,3,5H2,1-2H3/b8-6-. The summed E-state index contributed by atoms with van der Waals surface area (Å²) in [5, 5.41) is 0. The molecular formula is C9H13O. The lowest BCUT2D eigenvalue weighted by Crippen LogP contribution is -1.93. The van der Waals surface area contributed by atoms with Gasteiger partial charge in [0.2, 0.25) is 0 Å². The summed E-state index contributed by atoms with van der Waals surface area (Å²) in [6, 6.07) is 0. The van der Waals surface area contributed by atoms with Crippen LogP contribution in [0.15, 0.2) is 11.6 Å². The maximum atomic E-state index is 11.0. The number of hydrogen-bond donors (Lipinski definition) is 0. The van der Waals surface area contributed by atoms with Gasteiger partial charge in [0.05, 0.1) is 0 Å². The second kappa shape index (κ2) is 3.00. The largest absolute Gasteiger partial charge is 0.295 e. The molecule has 1 radical (unpaired) electrons. The SMILES string of the molecule is CC(C)/C=C1/[CH]CCC1=O. The summed E-state index contributed by atoms with van der Waals surface area (Å²) in [5.74, 6) is 0.807. The van der Waals surface area contributed by atoms with Crippen molar-refractivity contribution in [2.75, 3.05) is 0 Å². The first kappa shape index (κ1) is 7.52. The van der Waals surface area contributed by atoms with Crippen molar-refractivity contribution >= 4 is 5.78 Å². The third-order valence-corrected chi connectivity index (χ3v) is 1.57. The Morgan fingerprint density at radius 3 is 2.70 bits per heavy atom. The fourth-order valence-corrected chi connectivity index (χ4v) is 1.14. The number of allylic oxidation sites excluding steroid dienone is 2. The summed E-state index contributed by atoms with van der Waals surface area (Å²) in [5.41, 5.74) is 0.940. The van der Waals surface area contributed by atoms with Crippen molar-refractivity contribution in [1.29, 1.82) is 0 Å². The van der Waals surface area contributed by atoms with Gasteiger partial charge in [-0.1, -0.05) is 19.9 Å². The van der Waals surface area contributed by atoms with Crippen LogP contribution in [0.4, 0.5) is 0 Å². The highest BCUT2D eigenvalue weighted by molar-refractivity contribution is 5.99. The Balaban J connectivity index is 2.62. The molecule has 1 saturated carbocycles. The molecule has 1 aliphatic rings. The minimum Gasteiger partial charge on any atom is -0.295 e. The molecule has 0 amide bonds. The van der Waals surface area contributed by atoms with Crippen LogP contribution in [0.3, 0.4) is 0 Å². The normalized spacial score (nSPS) is 23.1. The van der Waals surface area contributed by atoms with Gasteiger partial charge in [-0.05, 0) is 24.3 Å². The maximum Gasteiger partial charge on any atom is 0.158 e. The molecule has 0 atom stereocenters. The molecule has 1 fully saturated rings. The topological polar surface area (TPSA) is 17.1 Å². The minimum atomic E-state index is 0.314. The molecule has 0 N–H and O–H groups in total. The lowest BCUT2D eigenvalue weighted by atomic mass is 10.1. The molecule has 0 aromatic carbocycles. The van der Waals surface area contributed by atoms with Gasteiger partial charge in [0.15, 0.2) is 5.78 Å². The Kier molecular flexibility index (Phi) is 2.25. The summed E-state index contributed by atoms with van der Waals surface area (Å²) < 4.78 is 0. The third-order valence-electron chi connectivity index (χ3n) is 1.57. The van der Waals surface area contributed by atoms with Crippen LogP contribution < -0.4 is 0 Å². The number of Topliss-reactive ketones (excluding diaryl/α,β-unsaturated/α-hetero) is 1. The highest BCUT2D eigenvalue weighted by Gasteiger charge is 2.16. The second-order valence-corrected chi connectivity index (χ2v) is 3.03. The van der Waals surface area contributed by atoms with Crippen molar-refractivity contribution in [3.8, 4) is 0 Å². The van der Waals surface area contributed by atoms with Gasteiger partial charge < -0.3 is 0 Å². The summed E-state index contributed by atoms with van der Waals surface area (Å²) >= 11 is 0. The molecular weight excluding hydrogens is 124 g/mol. The molecule has 0 unspecified atom stereocenters. The van der Waals surface area contributed by atoms with E-state index >= 15 is 0 Å². The highest BCUT2D eigenvalue weighted by atomic mass is 16.1. The number of carbonyl (C=O) groups is 1. The highest BCUT2D eigenvalue weighted by Crippen LogP contribution is 2.20. The van der Waals surface area contributed by atoms with Crippen molar-refractivity contribution in [3.05, 3.63) is 18.1 Å². The van der Waals surface area contributed by atoms with E-state index in [2.05, 4.69) is 13.8 Å². The minimum absolute atomic E-state index is 0.314. The van der Waals surface area contributed by atoms with E-state index in [0.717, 1.165) is 18.4 Å². The van der Waals surface area contributed by atoms with E-state index in [1.54, 1.807) is 0 Å². The molecule has 0 saturated heterocycles. The second-order valence-electron chi connectivity index (χ2n) is 3.03. The molecule has 1 heteroatoms. The molecule has 0 aromatic heterocycles. The zero-order chi connectivity index (χ0) is 7.56. The average Bonchev–Trinajstić information content (AvgIpc) is 2.15. The van der Waals surface area contributed by atoms with Gasteiger partial charge in [0.25, 0.3) is 0 Å². The summed E-state index contributed by atoms with van der Waals surface area (Å²) in [6.45, 7) is 4.18. The van der Waals surface area contributed by atoms with Crippen molar-refractivity contribution < 1.29 is 4.79 Å². The predicted octanol–water partition coefficient (Wildman–Crippen LogP) is 2.14. The van der Waals surface area contributed by atoms with E-state index in [-0.39, 0.29) is 0 Å². The molecule has 0 heterocycles. The van der Waals surface area contributed by atoms with Crippen LogP contribution in [0.2, 0.25) is 0 Å². The number of ketones is 1. The van der Waals surface area contributed by atoms with Crippen LogP contribution in [-0.2, 0) is 4.79 Å². The smallest absolute Gasteiger partial charge is 0.158 e. The van der Waals surface area contributed by atoms with Gasteiger partial charge in [0, 0.05) is 6.42 Å². The van der Waals surface area contributed by atoms with Crippen molar-refractivity contribution in [1.82, 2.24) is 0 Å². The Bertz CT molecular complexity index is 166. The van der Waals surface area contributed by atoms with Crippen LogP contribution in [0.1, 0.15) is 26.7 Å². The maximum absolute atomic E-state index is 11.0. The lowest BCUT2D eigenvalue weighted by Gasteiger charge is -1.96. The zero-order valence-electron chi connectivity index (χ0n) is 6.55. The Hall–Kier alpha value is -0.590. The molecule has 0 spiro atoms. The van der Waals surface area contributed by atoms with E-state index in [1.165, 1.54) is 0 Å². The van der Waals surface area contributed by atoms with Crippen molar-refractivity contribution in [3.63, 3.8) is 0 Å². The molecule has 0 bridgehead atoms. The first-order valence-corrected chi connectivity index (χ1v) is 3.78. The van der Waals surface area contributed by atoms with E-state index in [9.17, 15) is 4.79 Å². The first-order chi connectivity index (χ1) is 4.70. The van der Waals surface area contributed by atoms with E-state index in [4.69, 9.17) is 0 Å². The van der Waals surface area contributed by atoms with Crippen LogP contribution in [0.25, 0.3) is 0 Å². The fraction of sp³-hybridized carbons (Fsp3) is 0.556. The van der Waals surface area contributed by atoms with Gasteiger partial charge >= 0.3 is 0 Å². The Morgan fingerprint density at radius 1 is 1.60 bits per heavy atom. The molecule has 55 valence electrons. The Labute approximate surface area is 62.1 Å². The van der Waals surface area contributed by atoms with Crippen molar-refractivity contribution in [2.45, 2.75) is 26.7 Å². The first-order valence-electron chi connectivity index (χ1n) is 3.78. The number of carbonyl (C=O) groups excluding carboxylic acids is 1. The Morgan fingerprint density at radius 2 is 2.30 bits per heavy atom. The van der Waals surface area contributed by atoms with E-state index < -0.39 is 0 Å². The molecule has 0 aliphatic heterocycles. The fourth-order valence-electron chi connectivity index (χ4n) is 1.14. The van der Waals surface area contributed by atoms with Gasteiger partial charge in [-0.25, -0.2) is 0 Å². The van der Waals surface area contributed by atoms with Crippen LogP contribution in [-0.4, -0.2) is 5.78 Å². The van der Waals surface area contributed by atoms with Gasteiger partial charge in [-0.2, -0.15) is 0 Å². The van der Waals surface area contributed by atoms with Gasteiger partial charge in [0.1, 0.15) is 0 Å². The van der Waals surface area contributed by atoms with E-state index in [0.29, 0.717) is 11.7 Å². The van der Waals surface area contributed by atoms with Crippen LogP contribution in [0, 0.1) is 12.3 Å². The predicted molar refractivity (Wildman–Crippen MR) is 41.5 cm³/mol. The monoisotopic (exact) mass is 137 g/mol. The van der Waals surface area contributed by atoms with Crippen LogP contribution >= 0.6 is 0 Å². The number of hydrogen-bond acceptors (Lipinski definition) is 1. The molecule has 1 nitrogen and oxygen atoms in total. The molecule has 0 aromatic rings. The number of rotatable bonds is 1. The quantitative estimate of drug-likeness (QED) is 0.506. The summed E-state index contributed by atoms with van der Waals surface area (Å²) in [4.78, 5) is 11.0.